The molecule has 0 bridgehead atoms. The highest BCUT2D eigenvalue weighted by Crippen LogP contribution is 2.09. The molecule has 88 valence electrons. The van der Waals surface area contributed by atoms with Crippen molar-refractivity contribution in [2.45, 2.75) is 13.8 Å². The van der Waals surface area contributed by atoms with Crippen LogP contribution in [0, 0.1) is 17.6 Å². The normalized spacial score (nSPS) is 11.6. The summed E-state index contributed by atoms with van der Waals surface area (Å²) in [4.78, 5) is 0. The highest BCUT2D eigenvalue weighted by atomic mass is 19.1. The summed E-state index contributed by atoms with van der Waals surface area (Å²) in [5.74, 6) is -0.496. The van der Waals surface area contributed by atoms with Crippen LogP contribution in [0.2, 0.25) is 0 Å². The van der Waals surface area contributed by atoms with E-state index in [-0.39, 0.29) is 0 Å². The maximum Gasteiger partial charge on any atom is 0.126 e. The lowest BCUT2D eigenvalue weighted by molar-refractivity contribution is 0.577. The third-order valence-corrected chi connectivity index (χ3v) is 2.01. The van der Waals surface area contributed by atoms with Crippen LogP contribution in [0.15, 0.2) is 24.3 Å². The van der Waals surface area contributed by atoms with Crippen molar-refractivity contribution in [1.82, 2.24) is 5.32 Å². The largest absolute Gasteiger partial charge is 0.313 e. The fourth-order valence-electron chi connectivity index (χ4n) is 1.32. The average Bonchev–Trinajstić information content (AvgIpc) is 2.15. The molecular formula is C13H17F2N. The summed E-state index contributed by atoms with van der Waals surface area (Å²) in [6.07, 6.45) is 3.57. The lowest BCUT2D eigenvalue weighted by Crippen LogP contribution is -2.19. The van der Waals surface area contributed by atoms with Gasteiger partial charge >= 0.3 is 0 Å². The Balaban J connectivity index is 2.43. The van der Waals surface area contributed by atoms with E-state index in [0.29, 0.717) is 18.0 Å². The Morgan fingerprint density at radius 2 is 1.81 bits per heavy atom. The second kappa shape index (κ2) is 6.38. The minimum absolute atomic E-state index is 0.545. The van der Waals surface area contributed by atoms with E-state index in [1.807, 2.05) is 6.08 Å². The van der Waals surface area contributed by atoms with Gasteiger partial charge in [0.2, 0.25) is 0 Å². The molecule has 3 heteroatoms. The summed E-state index contributed by atoms with van der Waals surface area (Å²) in [5.41, 5.74) is 0.545. The fourth-order valence-corrected chi connectivity index (χ4v) is 1.32. The van der Waals surface area contributed by atoms with Gasteiger partial charge in [-0.05, 0) is 30.2 Å². The highest BCUT2D eigenvalue weighted by Gasteiger charge is 1.96. The van der Waals surface area contributed by atoms with Crippen LogP contribution in [0.4, 0.5) is 8.78 Å². The summed E-state index contributed by atoms with van der Waals surface area (Å²) in [6, 6.07) is 3.48. The topological polar surface area (TPSA) is 12.0 Å². The molecule has 1 aromatic rings. The number of rotatable bonds is 5. The van der Waals surface area contributed by atoms with Crippen molar-refractivity contribution in [3.63, 3.8) is 0 Å². The van der Waals surface area contributed by atoms with Gasteiger partial charge in [-0.25, -0.2) is 8.78 Å². The molecule has 0 atom stereocenters. The summed E-state index contributed by atoms with van der Waals surface area (Å²) < 4.78 is 25.6. The van der Waals surface area contributed by atoms with E-state index in [1.54, 1.807) is 6.08 Å². The van der Waals surface area contributed by atoms with E-state index < -0.39 is 11.6 Å². The molecule has 0 aliphatic heterocycles. The second-order valence-corrected chi connectivity index (χ2v) is 4.16. The van der Waals surface area contributed by atoms with Gasteiger partial charge in [0, 0.05) is 12.6 Å². The Labute approximate surface area is 95.2 Å². The summed E-state index contributed by atoms with van der Waals surface area (Å²) in [6.45, 7) is 5.88. The minimum atomic E-state index is -0.546. The van der Waals surface area contributed by atoms with E-state index >= 15 is 0 Å². The lowest BCUT2D eigenvalue weighted by atomic mass is 10.2. The maximum absolute atomic E-state index is 12.8. The van der Waals surface area contributed by atoms with Crippen LogP contribution >= 0.6 is 0 Å². The Kier molecular flexibility index (Phi) is 5.12. The predicted molar refractivity (Wildman–Crippen MR) is 63.1 cm³/mol. The van der Waals surface area contributed by atoms with Gasteiger partial charge in [0.05, 0.1) is 0 Å². The van der Waals surface area contributed by atoms with Crippen molar-refractivity contribution in [2.24, 2.45) is 5.92 Å². The quantitative estimate of drug-likeness (QED) is 0.759. The number of hydrogen-bond donors (Lipinski definition) is 1. The number of halogens is 2. The van der Waals surface area contributed by atoms with Crippen LogP contribution in [-0.4, -0.2) is 13.1 Å². The van der Waals surface area contributed by atoms with Crippen LogP contribution in [0.1, 0.15) is 19.4 Å². The van der Waals surface area contributed by atoms with Crippen molar-refractivity contribution in [2.75, 3.05) is 13.1 Å². The molecule has 0 saturated heterocycles. The number of hydrogen-bond acceptors (Lipinski definition) is 1. The zero-order chi connectivity index (χ0) is 12.0. The number of nitrogens with one attached hydrogen (secondary N) is 1. The van der Waals surface area contributed by atoms with Crippen LogP contribution in [0.3, 0.4) is 0 Å². The van der Waals surface area contributed by atoms with Crippen molar-refractivity contribution < 1.29 is 8.78 Å². The molecular weight excluding hydrogens is 208 g/mol. The predicted octanol–water partition coefficient (Wildman–Crippen LogP) is 3.22. The molecule has 0 aromatic heterocycles. The van der Waals surface area contributed by atoms with E-state index in [1.165, 1.54) is 12.1 Å². The van der Waals surface area contributed by atoms with Crippen LogP contribution in [0.25, 0.3) is 6.08 Å². The first-order chi connectivity index (χ1) is 7.58. The van der Waals surface area contributed by atoms with Gasteiger partial charge in [-0.3, -0.25) is 0 Å². The molecule has 1 rings (SSSR count). The van der Waals surface area contributed by atoms with Gasteiger partial charge in [0.15, 0.2) is 0 Å². The van der Waals surface area contributed by atoms with E-state index in [2.05, 4.69) is 19.2 Å². The molecule has 0 saturated carbocycles. The molecule has 1 N–H and O–H groups in total. The van der Waals surface area contributed by atoms with Crippen molar-refractivity contribution >= 4 is 6.08 Å². The summed E-state index contributed by atoms with van der Waals surface area (Å²) in [7, 11) is 0. The Morgan fingerprint density at radius 3 is 2.38 bits per heavy atom. The molecule has 0 fully saturated rings. The average molecular weight is 225 g/mol. The fraction of sp³-hybridized carbons (Fsp3) is 0.385. The first-order valence-corrected chi connectivity index (χ1v) is 5.41. The maximum atomic E-state index is 12.8. The van der Waals surface area contributed by atoms with E-state index in [9.17, 15) is 8.78 Å². The SMILES string of the molecule is CC(C)CNC/C=C/c1cc(F)cc(F)c1. The Morgan fingerprint density at radius 1 is 1.19 bits per heavy atom. The molecule has 0 amide bonds. The smallest absolute Gasteiger partial charge is 0.126 e. The van der Waals surface area contributed by atoms with Crippen molar-refractivity contribution in [3.05, 3.63) is 41.5 Å². The van der Waals surface area contributed by atoms with E-state index in [4.69, 9.17) is 0 Å². The van der Waals surface area contributed by atoms with Gasteiger partial charge in [-0.2, -0.15) is 0 Å². The zero-order valence-electron chi connectivity index (χ0n) is 9.63. The Hall–Kier alpha value is -1.22. The monoisotopic (exact) mass is 225 g/mol. The lowest BCUT2D eigenvalue weighted by Gasteiger charge is -2.03. The molecule has 0 unspecified atom stereocenters. The van der Waals surface area contributed by atoms with Gasteiger partial charge in [-0.15, -0.1) is 0 Å². The molecule has 1 aromatic carbocycles. The molecule has 1 nitrogen and oxygen atoms in total. The van der Waals surface area contributed by atoms with Crippen molar-refractivity contribution in [1.29, 1.82) is 0 Å². The molecule has 0 radical (unpaired) electrons. The van der Waals surface area contributed by atoms with Crippen LogP contribution < -0.4 is 5.32 Å². The molecule has 0 aliphatic carbocycles. The zero-order valence-corrected chi connectivity index (χ0v) is 9.63. The Bertz CT molecular complexity index is 339. The third-order valence-electron chi connectivity index (χ3n) is 2.01. The van der Waals surface area contributed by atoms with Crippen molar-refractivity contribution in [3.8, 4) is 0 Å². The standard InChI is InChI=1S/C13H17F2N/c1-10(2)9-16-5-3-4-11-6-12(14)8-13(15)7-11/h3-4,6-8,10,16H,5,9H2,1-2H3/b4-3+. The first kappa shape index (κ1) is 12.8. The molecule has 0 heterocycles. The first-order valence-electron chi connectivity index (χ1n) is 5.41. The van der Waals surface area contributed by atoms with Gasteiger partial charge in [-0.1, -0.05) is 26.0 Å². The van der Waals surface area contributed by atoms with Gasteiger partial charge in [0.25, 0.3) is 0 Å². The summed E-state index contributed by atoms with van der Waals surface area (Å²) >= 11 is 0. The molecule has 0 spiro atoms. The van der Waals surface area contributed by atoms with Gasteiger partial charge in [0.1, 0.15) is 11.6 Å². The molecule has 16 heavy (non-hydrogen) atoms. The third kappa shape index (κ3) is 5.03. The summed E-state index contributed by atoms with van der Waals surface area (Å²) in [5, 5.41) is 3.21. The number of benzene rings is 1. The minimum Gasteiger partial charge on any atom is -0.313 e. The second-order valence-electron chi connectivity index (χ2n) is 4.16. The van der Waals surface area contributed by atoms with Crippen LogP contribution in [-0.2, 0) is 0 Å². The highest BCUT2D eigenvalue weighted by molar-refractivity contribution is 5.49. The van der Waals surface area contributed by atoms with Crippen LogP contribution in [0.5, 0.6) is 0 Å². The van der Waals surface area contributed by atoms with Gasteiger partial charge < -0.3 is 5.32 Å². The van der Waals surface area contributed by atoms with E-state index in [0.717, 1.165) is 12.6 Å². The molecule has 0 aliphatic rings.